The van der Waals surface area contributed by atoms with Gasteiger partial charge in [-0.05, 0) is 25.0 Å². The molecule has 1 saturated carbocycles. The molecule has 0 radical (unpaired) electrons. The lowest BCUT2D eigenvalue weighted by Gasteiger charge is -2.16. The van der Waals surface area contributed by atoms with Gasteiger partial charge in [-0.3, -0.25) is 0 Å². The van der Waals surface area contributed by atoms with Crippen LogP contribution >= 0.6 is 0 Å². The summed E-state index contributed by atoms with van der Waals surface area (Å²) in [5.41, 5.74) is 7.03. The Bertz CT molecular complexity index is 599. The zero-order chi connectivity index (χ0) is 13.9. The predicted octanol–water partition coefficient (Wildman–Crippen LogP) is 2.86. The first-order valence-electron chi connectivity index (χ1n) is 6.91. The molecule has 2 N–H and O–H groups in total. The van der Waals surface area contributed by atoms with Gasteiger partial charge in [0.05, 0.1) is 0 Å². The van der Waals surface area contributed by atoms with Crippen molar-refractivity contribution in [2.24, 2.45) is 10.7 Å². The van der Waals surface area contributed by atoms with Gasteiger partial charge in [-0.2, -0.15) is 0 Å². The highest BCUT2D eigenvalue weighted by atomic mass is 16.3. The van der Waals surface area contributed by atoms with E-state index in [4.69, 9.17) is 10.2 Å². The molecule has 20 heavy (non-hydrogen) atoms. The minimum Gasteiger partial charge on any atom is -0.459 e. The quantitative estimate of drug-likeness (QED) is 0.686. The average Bonchev–Trinajstić information content (AvgIpc) is 3.23. The van der Waals surface area contributed by atoms with Crippen LogP contribution < -0.4 is 5.73 Å². The van der Waals surface area contributed by atoms with E-state index in [9.17, 15) is 0 Å². The van der Waals surface area contributed by atoms with Crippen LogP contribution in [0, 0.1) is 0 Å². The number of rotatable bonds is 4. The zero-order valence-corrected chi connectivity index (χ0v) is 11.6. The van der Waals surface area contributed by atoms with Crippen molar-refractivity contribution < 1.29 is 4.42 Å². The van der Waals surface area contributed by atoms with E-state index in [0.29, 0.717) is 18.5 Å². The van der Waals surface area contributed by atoms with Crippen LogP contribution in [-0.4, -0.2) is 23.9 Å². The summed E-state index contributed by atoms with van der Waals surface area (Å²) in [7, 11) is 1.99. The van der Waals surface area contributed by atoms with Gasteiger partial charge in [0.1, 0.15) is 18.1 Å². The van der Waals surface area contributed by atoms with Crippen molar-refractivity contribution in [2.75, 3.05) is 7.05 Å². The summed E-state index contributed by atoms with van der Waals surface area (Å²) in [6, 6.07) is 14.6. The number of furan rings is 1. The first-order valence-corrected chi connectivity index (χ1v) is 6.91. The van der Waals surface area contributed by atoms with Gasteiger partial charge < -0.3 is 15.1 Å². The monoisotopic (exact) mass is 269 g/mol. The summed E-state index contributed by atoms with van der Waals surface area (Å²) in [5, 5.41) is 0. The third-order valence-corrected chi connectivity index (χ3v) is 3.57. The Kier molecular flexibility index (Phi) is 3.46. The lowest BCUT2D eigenvalue weighted by atomic mass is 10.2. The highest BCUT2D eigenvalue weighted by Gasteiger charge is 2.27. The van der Waals surface area contributed by atoms with Crippen LogP contribution in [0.4, 0.5) is 0 Å². The Morgan fingerprint density at radius 3 is 2.70 bits per heavy atom. The Hall–Kier alpha value is -2.23. The first kappa shape index (κ1) is 12.8. The summed E-state index contributed by atoms with van der Waals surface area (Å²) >= 11 is 0. The molecule has 0 spiro atoms. The Balaban J connectivity index is 1.67. The van der Waals surface area contributed by atoms with Gasteiger partial charge in [0.2, 0.25) is 0 Å². The SMILES string of the molecule is CN(C(N)=NCc1ccc(-c2ccccc2)o1)C1CC1. The second-order valence-electron chi connectivity index (χ2n) is 5.15. The minimum absolute atomic E-state index is 0.482. The molecule has 3 rings (SSSR count). The molecule has 4 nitrogen and oxygen atoms in total. The van der Waals surface area contributed by atoms with Gasteiger partial charge in [-0.25, -0.2) is 4.99 Å². The van der Waals surface area contributed by atoms with E-state index in [1.807, 2.05) is 54.4 Å². The van der Waals surface area contributed by atoms with Crippen molar-refractivity contribution in [3.63, 3.8) is 0 Å². The second-order valence-corrected chi connectivity index (χ2v) is 5.15. The van der Waals surface area contributed by atoms with Gasteiger partial charge in [-0.1, -0.05) is 30.3 Å². The summed E-state index contributed by atoms with van der Waals surface area (Å²) in [6.45, 7) is 0.482. The van der Waals surface area contributed by atoms with Crippen LogP contribution in [0.1, 0.15) is 18.6 Å². The normalized spacial score (nSPS) is 15.3. The fourth-order valence-corrected chi connectivity index (χ4v) is 2.14. The van der Waals surface area contributed by atoms with E-state index < -0.39 is 0 Å². The van der Waals surface area contributed by atoms with Gasteiger partial charge in [0.15, 0.2) is 5.96 Å². The summed E-state index contributed by atoms with van der Waals surface area (Å²) in [6.07, 6.45) is 2.43. The van der Waals surface area contributed by atoms with Crippen molar-refractivity contribution in [1.82, 2.24) is 4.90 Å². The molecule has 1 heterocycles. The molecule has 1 aliphatic rings. The number of nitrogens with two attached hydrogens (primary N) is 1. The highest BCUT2D eigenvalue weighted by Crippen LogP contribution is 2.25. The smallest absolute Gasteiger partial charge is 0.191 e. The van der Waals surface area contributed by atoms with Crippen LogP contribution in [0.15, 0.2) is 51.9 Å². The van der Waals surface area contributed by atoms with E-state index in [-0.39, 0.29) is 0 Å². The Morgan fingerprint density at radius 1 is 1.25 bits per heavy atom. The minimum atomic E-state index is 0.482. The fourth-order valence-electron chi connectivity index (χ4n) is 2.14. The Labute approximate surface area is 118 Å². The highest BCUT2D eigenvalue weighted by molar-refractivity contribution is 5.78. The second kappa shape index (κ2) is 5.41. The average molecular weight is 269 g/mol. The molecular formula is C16H19N3O. The van der Waals surface area contributed by atoms with E-state index in [1.54, 1.807) is 0 Å². The summed E-state index contributed by atoms with van der Waals surface area (Å²) < 4.78 is 5.79. The van der Waals surface area contributed by atoms with Crippen molar-refractivity contribution in [2.45, 2.75) is 25.4 Å². The van der Waals surface area contributed by atoms with E-state index in [2.05, 4.69) is 4.99 Å². The third-order valence-electron chi connectivity index (χ3n) is 3.57. The van der Waals surface area contributed by atoms with Gasteiger partial charge in [0, 0.05) is 18.7 Å². The number of guanidine groups is 1. The molecule has 1 aromatic heterocycles. The predicted molar refractivity (Wildman–Crippen MR) is 80.3 cm³/mol. The van der Waals surface area contributed by atoms with Crippen LogP contribution in [0.5, 0.6) is 0 Å². The number of aliphatic imine (C=N–C) groups is 1. The van der Waals surface area contributed by atoms with Crippen LogP contribution in [-0.2, 0) is 6.54 Å². The number of nitrogens with zero attached hydrogens (tertiary/aromatic N) is 2. The number of hydrogen-bond donors (Lipinski definition) is 1. The molecule has 0 unspecified atom stereocenters. The molecule has 1 fully saturated rings. The number of hydrogen-bond acceptors (Lipinski definition) is 2. The van der Waals surface area contributed by atoms with Gasteiger partial charge >= 0.3 is 0 Å². The summed E-state index contributed by atoms with van der Waals surface area (Å²) in [4.78, 5) is 6.43. The molecule has 4 heteroatoms. The lowest BCUT2D eigenvalue weighted by Crippen LogP contribution is -2.35. The Morgan fingerprint density at radius 2 is 2.00 bits per heavy atom. The van der Waals surface area contributed by atoms with Crippen molar-refractivity contribution >= 4 is 5.96 Å². The van der Waals surface area contributed by atoms with Gasteiger partial charge in [-0.15, -0.1) is 0 Å². The van der Waals surface area contributed by atoms with Crippen molar-refractivity contribution in [3.05, 3.63) is 48.2 Å². The van der Waals surface area contributed by atoms with E-state index in [1.165, 1.54) is 12.8 Å². The molecule has 0 amide bonds. The molecule has 0 atom stereocenters. The summed E-state index contributed by atoms with van der Waals surface area (Å²) in [5.74, 6) is 2.28. The topological polar surface area (TPSA) is 54.8 Å². The maximum atomic E-state index is 5.96. The van der Waals surface area contributed by atoms with Crippen LogP contribution in [0.3, 0.4) is 0 Å². The van der Waals surface area contributed by atoms with Crippen molar-refractivity contribution in [3.8, 4) is 11.3 Å². The van der Waals surface area contributed by atoms with Crippen LogP contribution in [0.25, 0.3) is 11.3 Å². The molecule has 104 valence electrons. The van der Waals surface area contributed by atoms with E-state index in [0.717, 1.165) is 17.1 Å². The fraction of sp³-hybridized carbons (Fsp3) is 0.312. The maximum Gasteiger partial charge on any atom is 0.191 e. The molecular weight excluding hydrogens is 250 g/mol. The first-order chi connectivity index (χ1) is 9.74. The molecule has 1 aliphatic carbocycles. The largest absolute Gasteiger partial charge is 0.459 e. The van der Waals surface area contributed by atoms with Crippen molar-refractivity contribution in [1.29, 1.82) is 0 Å². The standard InChI is InChI=1S/C16H19N3O/c1-19(13-7-8-13)16(17)18-11-14-9-10-15(20-14)12-5-3-2-4-6-12/h2-6,9-10,13H,7-8,11H2,1H3,(H2,17,18). The maximum absolute atomic E-state index is 5.96. The molecule has 0 saturated heterocycles. The number of benzene rings is 1. The van der Waals surface area contributed by atoms with Crippen LogP contribution in [0.2, 0.25) is 0 Å². The molecule has 0 bridgehead atoms. The van der Waals surface area contributed by atoms with Gasteiger partial charge in [0.25, 0.3) is 0 Å². The third kappa shape index (κ3) is 2.85. The lowest BCUT2D eigenvalue weighted by molar-refractivity contribution is 0.481. The molecule has 2 aromatic rings. The zero-order valence-electron chi connectivity index (χ0n) is 11.6. The molecule has 0 aliphatic heterocycles. The van der Waals surface area contributed by atoms with E-state index >= 15 is 0 Å². The molecule has 1 aromatic carbocycles.